The van der Waals surface area contributed by atoms with Crippen molar-refractivity contribution < 1.29 is 23.9 Å². The van der Waals surface area contributed by atoms with Gasteiger partial charge in [-0.25, -0.2) is 0 Å². The Morgan fingerprint density at radius 3 is 2.53 bits per heavy atom. The number of Topliss-reactive ketones (excluding diaryl/α,β-unsaturated/α-hetero) is 1. The summed E-state index contributed by atoms with van der Waals surface area (Å²) in [5, 5.41) is 3.16. The fourth-order valence-corrected chi connectivity index (χ4v) is 5.48. The number of piperidine rings is 1. The molecule has 2 aromatic carbocycles. The first-order chi connectivity index (χ1) is 17.4. The molecule has 2 heterocycles. The van der Waals surface area contributed by atoms with Crippen LogP contribution in [0.1, 0.15) is 49.7 Å². The first-order valence-corrected chi connectivity index (χ1v) is 12.8. The number of nitrogens with zero attached hydrogens (tertiary/aromatic N) is 1. The van der Waals surface area contributed by atoms with E-state index in [1.807, 2.05) is 53.4 Å². The van der Waals surface area contributed by atoms with Gasteiger partial charge in [0, 0.05) is 43.8 Å². The molecule has 2 fully saturated rings. The van der Waals surface area contributed by atoms with Crippen LogP contribution in [0.15, 0.2) is 48.5 Å². The van der Waals surface area contributed by atoms with Crippen molar-refractivity contribution in [3.8, 4) is 11.5 Å². The van der Waals surface area contributed by atoms with Crippen LogP contribution in [-0.4, -0.2) is 55.3 Å². The summed E-state index contributed by atoms with van der Waals surface area (Å²) in [6.07, 6.45) is 4.74. The van der Waals surface area contributed by atoms with Crippen molar-refractivity contribution in [3.05, 3.63) is 59.7 Å². The highest BCUT2D eigenvalue weighted by Crippen LogP contribution is 2.34. The molecule has 7 heteroatoms. The lowest BCUT2D eigenvalue weighted by molar-refractivity contribution is -0.135. The highest BCUT2D eigenvalue weighted by molar-refractivity contribution is 5.85. The number of rotatable bonds is 10. The minimum Gasteiger partial charge on any atom is -0.493 e. The van der Waals surface area contributed by atoms with Gasteiger partial charge in [0.15, 0.2) is 11.5 Å². The topological polar surface area (TPSA) is 84.9 Å². The Hall–Kier alpha value is -3.35. The summed E-state index contributed by atoms with van der Waals surface area (Å²) in [6.45, 7) is 1.17. The number of hydrogen-bond donors (Lipinski definition) is 1. The maximum Gasteiger partial charge on any atom is 0.222 e. The van der Waals surface area contributed by atoms with E-state index in [1.54, 1.807) is 14.2 Å². The first-order valence-electron chi connectivity index (χ1n) is 12.8. The Balaban J connectivity index is 1.37. The Bertz CT molecular complexity index is 1090. The predicted octanol–water partition coefficient (Wildman–Crippen LogP) is 3.73. The summed E-state index contributed by atoms with van der Waals surface area (Å²) in [4.78, 5) is 40.1. The Morgan fingerprint density at radius 2 is 1.83 bits per heavy atom. The van der Waals surface area contributed by atoms with Crippen molar-refractivity contribution in [2.75, 3.05) is 27.3 Å². The average molecular weight is 493 g/mol. The van der Waals surface area contributed by atoms with E-state index in [2.05, 4.69) is 5.32 Å². The molecule has 0 bridgehead atoms. The molecule has 192 valence electrons. The largest absolute Gasteiger partial charge is 0.493 e. The van der Waals surface area contributed by atoms with Crippen molar-refractivity contribution >= 4 is 17.6 Å². The molecule has 0 radical (unpaired) electrons. The van der Waals surface area contributed by atoms with Gasteiger partial charge in [-0.05, 0) is 55.4 Å². The summed E-state index contributed by atoms with van der Waals surface area (Å²) in [6, 6.07) is 15.5. The molecule has 0 aromatic heterocycles. The number of nitrogens with one attached hydrogen (secondary N) is 1. The van der Waals surface area contributed by atoms with E-state index in [9.17, 15) is 14.4 Å². The van der Waals surface area contributed by atoms with Crippen molar-refractivity contribution in [1.29, 1.82) is 0 Å². The third-order valence-corrected chi connectivity index (χ3v) is 7.49. The molecule has 4 rings (SSSR count). The molecule has 36 heavy (non-hydrogen) atoms. The maximum atomic E-state index is 13.2. The third-order valence-electron chi connectivity index (χ3n) is 7.49. The molecule has 2 aliphatic heterocycles. The van der Waals surface area contributed by atoms with E-state index in [0.717, 1.165) is 24.0 Å². The number of likely N-dealkylation sites (tertiary alicyclic amines) is 1. The van der Waals surface area contributed by atoms with Gasteiger partial charge in [0.25, 0.3) is 0 Å². The Morgan fingerprint density at radius 1 is 1.06 bits per heavy atom. The van der Waals surface area contributed by atoms with Gasteiger partial charge in [0.2, 0.25) is 11.8 Å². The number of benzene rings is 2. The smallest absolute Gasteiger partial charge is 0.222 e. The van der Waals surface area contributed by atoms with Gasteiger partial charge in [0.05, 0.1) is 14.2 Å². The molecular weight excluding hydrogens is 456 g/mol. The van der Waals surface area contributed by atoms with Gasteiger partial charge in [0.1, 0.15) is 5.78 Å². The van der Waals surface area contributed by atoms with Crippen molar-refractivity contribution in [2.24, 2.45) is 5.92 Å². The zero-order valence-electron chi connectivity index (χ0n) is 21.3. The summed E-state index contributed by atoms with van der Waals surface area (Å²) in [5.41, 5.74) is 1.57. The quantitative estimate of drug-likeness (QED) is 0.546. The highest BCUT2D eigenvalue weighted by Gasteiger charge is 2.39. The van der Waals surface area contributed by atoms with Crippen LogP contribution in [-0.2, 0) is 27.2 Å². The van der Waals surface area contributed by atoms with E-state index in [4.69, 9.17) is 9.47 Å². The van der Waals surface area contributed by atoms with Crippen LogP contribution in [0.2, 0.25) is 0 Å². The van der Waals surface area contributed by atoms with Gasteiger partial charge in [-0.2, -0.15) is 0 Å². The molecule has 2 amide bonds. The summed E-state index contributed by atoms with van der Waals surface area (Å²) < 4.78 is 10.8. The normalized spacial score (nSPS) is 21.7. The number of ether oxygens (including phenoxy) is 2. The van der Waals surface area contributed by atoms with Crippen LogP contribution in [0.25, 0.3) is 0 Å². The number of carbonyl (C=O) groups excluding carboxylic acids is 3. The number of methoxy groups -OCH3 is 2. The van der Waals surface area contributed by atoms with E-state index in [0.29, 0.717) is 63.1 Å². The number of carbonyl (C=O) groups is 3. The van der Waals surface area contributed by atoms with Gasteiger partial charge in [-0.1, -0.05) is 36.4 Å². The fraction of sp³-hybridized carbons (Fsp3) is 0.483. The van der Waals surface area contributed by atoms with Crippen molar-refractivity contribution in [2.45, 2.75) is 56.9 Å². The molecule has 2 aromatic rings. The molecule has 2 saturated heterocycles. The lowest BCUT2D eigenvalue weighted by atomic mass is 9.84. The predicted molar refractivity (Wildman–Crippen MR) is 137 cm³/mol. The van der Waals surface area contributed by atoms with Crippen molar-refractivity contribution in [1.82, 2.24) is 10.2 Å². The van der Waals surface area contributed by atoms with Crippen LogP contribution >= 0.6 is 0 Å². The Labute approximate surface area is 213 Å². The first kappa shape index (κ1) is 25.7. The van der Waals surface area contributed by atoms with E-state index in [-0.39, 0.29) is 23.5 Å². The molecule has 2 aliphatic rings. The second-order valence-corrected chi connectivity index (χ2v) is 10.0. The van der Waals surface area contributed by atoms with Crippen LogP contribution in [0.5, 0.6) is 11.5 Å². The molecule has 0 saturated carbocycles. The highest BCUT2D eigenvalue weighted by atomic mass is 16.5. The second-order valence-electron chi connectivity index (χ2n) is 10.0. The van der Waals surface area contributed by atoms with E-state index < -0.39 is 5.54 Å². The molecule has 7 nitrogen and oxygen atoms in total. The summed E-state index contributed by atoms with van der Waals surface area (Å²) in [5.74, 6) is 1.46. The molecule has 1 N–H and O–H groups in total. The van der Waals surface area contributed by atoms with Crippen LogP contribution in [0.4, 0.5) is 0 Å². The number of ketones is 1. The molecule has 2 unspecified atom stereocenters. The maximum absolute atomic E-state index is 13.2. The zero-order chi connectivity index (χ0) is 25.5. The molecule has 2 atom stereocenters. The average Bonchev–Trinajstić information content (AvgIpc) is 3.27. The van der Waals surface area contributed by atoms with Gasteiger partial charge >= 0.3 is 0 Å². The van der Waals surface area contributed by atoms with Crippen LogP contribution in [0.3, 0.4) is 0 Å². The summed E-state index contributed by atoms with van der Waals surface area (Å²) in [7, 11) is 3.20. The number of amides is 2. The Kier molecular flexibility index (Phi) is 8.28. The molecule has 0 aliphatic carbocycles. The number of hydrogen-bond acceptors (Lipinski definition) is 5. The van der Waals surface area contributed by atoms with Crippen molar-refractivity contribution in [3.63, 3.8) is 0 Å². The summed E-state index contributed by atoms with van der Waals surface area (Å²) >= 11 is 0. The lowest BCUT2D eigenvalue weighted by Gasteiger charge is -2.34. The molecular formula is C29H36N2O5. The van der Waals surface area contributed by atoms with Crippen LogP contribution < -0.4 is 14.8 Å². The van der Waals surface area contributed by atoms with Gasteiger partial charge in [-0.15, -0.1) is 0 Å². The van der Waals surface area contributed by atoms with Gasteiger partial charge < -0.3 is 19.7 Å². The minimum atomic E-state index is -0.468. The standard InChI is InChI=1S/C29H36N2O5/c1-35-25-11-10-22(18-26(25)36-2)19-29(14-12-27(33)30-29)15-13-28(34)31-16-6-9-23(20-31)24(32)17-21-7-4-3-5-8-21/h3-5,7-8,10-11,18,23H,6,9,12-17,19-20H2,1-2H3,(H,30,33). The minimum absolute atomic E-state index is 0.0208. The van der Waals surface area contributed by atoms with E-state index in [1.165, 1.54) is 0 Å². The second kappa shape index (κ2) is 11.6. The monoisotopic (exact) mass is 492 g/mol. The fourth-order valence-electron chi connectivity index (χ4n) is 5.48. The zero-order valence-corrected chi connectivity index (χ0v) is 21.3. The molecule has 0 spiro atoms. The van der Waals surface area contributed by atoms with Gasteiger partial charge in [-0.3, -0.25) is 14.4 Å². The van der Waals surface area contributed by atoms with E-state index >= 15 is 0 Å². The lowest BCUT2D eigenvalue weighted by Crippen LogP contribution is -2.46. The van der Waals surface area contributed by atoms with Crippen LogP contribution in [0, 0.1) is 5.92 Å². The SMILES string of the molecule is COc1ccc(CC2(CCC(=O)N3CCCC(C(=O)Cc4ccccc4)C3)CCC(=O)N2)cc1OC. The third kappa shape index (κ3) is 6.25.